The monoisotopic (exact) mass is 251 g/mol. The molecule has 0 unspecified atom stereocenters. The van der Waals surface area contributed by atoms with Crippen molar-refractivity contribution in [3.63, 3.8) is 0 Å². The molecule has 0 aromatic carbocycles. The van der Waals surface area contributed by atoms with Crippen LogP contribution in [-0.4, -0.2) is 39.7 Å². The Bertz CT molecular complexity index is 510. The summed E-state index contributed by atoms with van der Waals surface area (Å²) in [6.07, 6.45) is 4.27. The van der Waals surface area contributed by atoms with Gasteiger partial charge in [0.15, 0.2) is 10.7 Å². The molecule has 0 saturated carbocycles. The van der Waals surface area contributed by atoms with Gasteiger partial charge in [-0.15, -0.1) is 11.3 Å². The second-order valence-electron chi connectivity index (χ2n) is 4.88. The lowest BCUT2D eigenvalue weighted by atomic mass is 9.94. The maximum atomic E-state index is 12.2. The van der Waals surface area contributed by atoms with Crippen LogP contribution < -0.4 is 0 Å². The Morgan fingerprint density at radius 1 is 1.53 bits per heavy atom. The van der Waals surface area contributed by atoms with Gasteiger partial charge in [0.05, 0.1) is 17.7 Å². The molecule has 0 radical (unpaired) electrons. The average molecular weight is 251 g/mol. The van der Waals surface area contributed by atoms with Gasteiger partial charge in [0, 0.05) is 17.8 Å². The van der Waals surface area contributed by atoms with E-state index in [4.69, 9.17) is 0 Å². The third-order valence-corrected chi connectivity index (χ3v) is 4.06. The van der Waals surface area contributed by atoms with Crippen LogP contribution in [0.2, 0.25) is 0 Å². The molecule has 0 saturated heterocycles. The van der Waals surface area contributed by atoms with Crippen LogP contribution in [0, 0.1) is 0 Å². The van der Waals surface area contributed by atoms with E-state index in [-0.39, 0.29) is 5.78 Å². The van der Waals surface area contributed by atoms with Crippen molar-refractivity contribution in [3.8, 4) is 0 Å². The van der Waals surface area contributed by atoms with Crippen LogP contribution in [0.25, 0.3) is 4.96 Å². The SMILES string of the molecule is CN(C)C(C)(C)C(=O)Cc1cn2ccsc2n1. The molecule has 0 bridgehead atoms. The number of imidazole rings is 1. The highest BCUT2D eigenvalue weighted by Gasteiger charge is 2.30. The highest BCUT2D eigenvalue weighted by Crippen LogP contribution is 2.17. The minimum atomic E-state index is -0.447. The normalized spacial score (nSPS) is 12.5. The molecular weight excluding hydrogens is 234 g/mol. The summed E-state index contributed by atoms with van der Waals surface area (Å²) >= 11 is 1.58. The molecule has 0 N–H and O–H groups in total. The molecule has 2 rings (SSSR count). The second-order valence-corrected chi connectivity index (χ2v) is 5.75. The quantitative estimate of drug-likeness (QED) is 0.832. The summed E-state index contributed by atoms with van der Waals surface area (Å²) in [5, 5.41) is 1.98. The van der Waals surface area contributed by atoms with Crippen molar-refractivity contribution >= 4 is 22.1 Å². The molecule has 0 fully saturated rings. The molecule has 92 valence electrons. The fourth-order valence-electron chi connectivity index (χ4n) is 1.49. The number of carbonyl (C=O) groups is 1. The predicted molar refractivity (Wildman–Crippen MR) is 69.5 cm³/mol. The summed E-state index contributed by atoms with van der Waals surface area (Å²) < 4.78 is 1.95. The molecule has 0 atom stereocenters. The van der Waals surface area contributed by atoms with E-state index < -0.39 is 5.54 Å². The van der Waals surface area contributed by atoms with Crippen LogP contribution in [0.5, 0.6) is 0 Å². The summed E-state index contributed by atoms with van der Waals surface area (Å²) in [7, 11) is 3.84. The maximum absolute atomic E-state index is 12.2. The number of hydrogen-bond acceptors (Lipinski definition) is 4. The first-order chi connectivity index (χ1) is 7.91. The molecule has 17 heavy (non-hydrogen) atoms. The first-order valence-corrected chi connectivity index (χ1v) is 6.41. The number of carbonyl (C=O) groups excluding carboxylic acids is 1. The Morgan fingerprint density at radius 2 is 2.24 bits per heavy atom. The van der Waals surface area contributed by atoms with E-state index in [1.165, 1.54) is 0 Å². The lowest BCUT2D eigenvalue weighted by molar-refractivity contribution is -0.127. The number of aromatic nitrogens is 2. The highest BCUT2D eigenvalue weighted by molar-refractivity contribution is 7.15. The molecular formula is C12H17N3OS. The molecule has 0 amide bonds. The third kappa shape index (κ3) is 2.25. The van der Waals surface area contributed by atoms with Crippen LogP contribution in [-0.2, 0) is 11.2 Å². The molecule has 4 nitrogen and oxygen atoms in total. The van der Waals surface area contributed by atoms with Crippen LogP contribution >= 0.6 is 11.3 Å². The van der Waals surface area contributed by atoms with Gasteiger partial charge in [-0.1, -0.05) is 0 Å². The standard InChI is InChI=1S/C12H17N3OS/c1-12(2,14(3)4)10(16)7-9-8-15-5-6-17-11(15)13-9/h5-6,8H,7H2,1-4H3. The van der Waals surface area contributed by atoms with E-state index >= 15 is 0 Å². The zero-order valence-corrected chi connectivity index (χ0v) is 11.4. The number of thiazole rings is 1. The zero-order chi connectivity index (χ0) is 12.6. The number of likely N-dealkylation sites (N-methyl/N-ethyl adjacent to an activating group) is 1. The molecule has 0 aliphatic rings. The first-order valence-electron chi connectivity index (χ1n) is 5.53. The Hall–Kier alpha value is -1.20. The lowest BCUT2D eigenvalue weighted by Gasteiger charge is -2.30. The van der Waals surface area contributed by atoms with E-state index in [1.54, 1.807) is 11.3 Å². The fraction of sp³-hybridized carbons (Fsp3) is 0.500. The van der Waals surface area contributed by atoms with Crippen LogP contribution in [0.3, 0.4) is 0 Å². The van der Waals surface area contributed by atoms with Gasteiger partial charge in [-0.2, -0.15) is 0 Å². The van der Waals surface area contributed by atoms with Gasteiger partial charge in [0.2, 0.25) is 0 Å². The van der Waals surface area contributed by atoms with Crippen LogP contribution in [0.4, 0.5) is 0 Å². The van der Waals surface area contributed by atoms with E-state index in [2.05, 4.69) is 4.98 Å². The van der Waals surface area contributed by atoms with E-state index in [0.29, 0.717) is 6.42 Å². The van der Waals surface area contributed by atoms with E-state index in [0.717, 1.165) is 10.7 Å². The maximum Gasteiger partial charge on any atom is 0.193 e. The van der Waals surface area contributed by atoms with Crippen molar-refractivity contribution in [1.29, 1.82) is 0 Å². The van der Waals surface area contributed by atoms with Gasteiger partial charge >= 0.3 is 0 Å². The van der Waals surface area contributed by atoms with Gasteiger partial charge in [-0.05, 0) is 27.9 Å². The summed E-state index contributed by atoms with van der Waals surface area (Å²) in [6.45, 7) is 3.88. The van der Waals surface area contributed by atoms with Gasteiger partial charge < -0.3 is 0 Å². The fourth-order valence-corrected chi connectivity index (χ4v) is 2.21. The summed E-state index contributed by atoms with van der Waals surface area (Å²) in [5.74, 6) is 0.188. The molecule has 2 aromatic rings. The lowest BCUT2D eigenvalue weighted by Crippen LogP contribution is -2.46. The molecule has 2 aromatic heterocycles. The van der Waals surface area contributed by atoms with E-state index in [1.807, 2.05) is 55.0 Å². The number of ketones is 1. The number of Topliss-reactive ketones (excluding diaryl/α,β-unsaturated/α-hetero) is 1. The number of fused-ring (bicyclic) bond motifs is 1. The van der Waals surface area contributed by atoms with Crippen molar-refractivity contribution < 1.29 is 4.79 Å². The Labute approximate surface area is 105 Å². The Balaban J connectivity index is 2.16. The van der Waals surface area contributed by atoms with Gasteiger partial charge in [-0.3, -0.25) is 14.1 Å². The Kier molecular flexibility index (Phi) is 3.05. The molecule has 5 heteroatoms. The van der Waals surface area contributed by atoms with Crippen molar-refractivity contribution in [2.75, 3.05) is 14.1 Å². The van der Waals surface area contributed by atoms with Gasteiger partial charge in [-0.25, -0.2) is 4.98 Å². The zero-order valence-electron chi connectivity index (χ0n) is 10.6. The number of nitrogens with zero attached hydrogens (tertiary/aromatic N) is 3. The second kappa shape index (κ2) is 4.23. The first kappa shape index (κ1) is 12.3. The van der Waals surface area contributed by atoms with Gasteiger partial charge in [0.1, 0.15) is 0 Å². The summed E-state index contributed by atoms with van der Waals surface area (Å²) in [6, 6.07) is 0. The van der Waals surface area contributed by atoms with Gasteiger partial charge in [0.25, 0.3) is 0 Å². The molecule has 2 heterocycles. The predicted octanol–water partition coefficient (Wildman–Crippen LogP) is 1.85. The minimum Gasteiger partial charge on any atom is -0.298 e. The van der Waals surface area contributed by atoms with Crippen molar-refractivity contribution in [1.82, 2.24) is 14.3 Å². The topological polar surface area (TPSA) is 37.6 Å². The van der Waals surface area contributed by atoms with Crippen LogP contribution in [0.15, 0.2) is 17.8 Å². The van der Waals surface area contributed by atoms with Crippen molar-refractivity contribution in [2.24, 2.45) is 0 Å². The van der Waals surface area contributed by atoms with Crippen molar-refractivity contribution in [2.45, 2.75) is 25.8 Å². The molecule has 0 aliphatic carbocycles. The highest BCUT2D eigenvalue weighted by atomic mass is 32.1. The summed E-state index contributed by atoms with van der Waals surface area (Å²) in [4.78, 5) is 19.5. The Morgan fingerprint density at radius 3 is 2.82 bits per heavy atom. The number of hydrogen-bond donors (Lipinski definition) is 0. The largest absolute Gasteiger partial charge is 0.298 e. The van der Waals surface area contributed by atoms with E-state index in [9.17, 15) is 4.79 Å². The third-order valence-electron chi connectivity index (χ3n) is 3.29. The number of rotatable bonds is 4. The molecule has 0 spiro atoms. The minimum absolute atomic E-state index is 0.188. The van der Waals surface area contributed by atoms with Crippen LogP contribution in [0.1, 0.15) is 19.5 Å². The molecule has 0 aliphatic heterocycles. The summed E-state index contributed by atoms with van der Waals surface area (Å²) in [5.41, 5.74) is 0.397. The van der Waals surface area contributed by atoms with Crippen molar-refractivity contribution in [3.05, 3.63) is 23.5 Å². The average Bonchev–Trinajstić information content (AvgIpc) is 2.77. The smallest absolute Gasteiger partial charge is 0.193 e.